The number of rotatable bonds is 10. The van der Waals surface area contributed by atoms with Crippen molar-refractivity contribution < 1.29 is 33.4 Å². The number of hydrogen-bond acceptors (Lipinski definition) is 7. The van der Waals surface area contributed by atoms with Gasteiger partial charge in [0.25, 0.3) is 5.91 Å². The first-order chi connectivity index (χ1) is 21.5. The maximum atomic E-state index is 13.7. The van der Waals surface area contributed by atoms with E-state index in [-0.39, 0.29) is 12.3 Å². The molecule has 0 saturated heterocycles. The lowest BCUT2D eigenvalue weighted by molar-refractivity contribution is -0.151. The molecule has 3 N–H and O–H groups in total. The highest BCUT2D eigenvalue weighted by molar-refractivity contribution is 5.90. The van der Waals surface area contributed by atoms with Crippen molar-refractivity contribution >= 4 is 23.9 Å². The van der Waals surface area contributed by atoms with Gasteiger partial charge in [-0.3, -0.25) is 9.59 Å². The molecule has 0 spiro atoms. The maximum Gasteiger partial charge on any atom is 0.408 e. The number of amides is 3. The highest BCUT2D eigenvalue weighted by Gasteiger charge is 2.43. The number of ether oxygens (including phenoxy) is 3. The van der Waals surface area contributed by atoms with E-state index in [1.807, 2.05) is 91.0 Å². The minimum Gasteiger partial charge on any atom is -0.471 e. The molecule has 1 heterocycles. The molecule has 0 unspecified atom stereocenters. The number of alkyl carbamates (subject to hydrolysis) is 1. The summed E-state index contributed by atoms with van der Waals surface area (Å²) in [5.74, 6) is -2.19. The van der Waals surface area contributed by atoms with Crippen LogP contribution in [0.4, 0.5) is 4.79 Å². The van der Waals surface area contributed by atoms with Gasteiger partial charge in [-0.25, -0.2) is 9.59 Å². The minimum atomic E-state index is -1.39. The average molecular weight is 614 g/mol. The molecule has 0 bridgehead atoms. The SMILES string of the molecule is CC(=O)N[C@@H]1[C@@H](NC(=O)OC(C)(C)C)C=C(C(=O)OC(c2ccccc2)c2ccccc2)O[C@H]1C(=O)NCCc1ccccc1. The first-order valence-electron chi connectivity index (χ1n) is 14.8. The molecule has 3 amide bonds. The predicted molar refractivity (Wildman–Crippen MR) is 168 cm³/mol. The van der Waals surface area contributed by atoms with Gasteiger partial charge >= 0.3 is 12.1 Å². The number of hydrogen-bond donors (Lipinski definition) is 3. The van der Waals surface area contributed by atoms with Crippen LogP contribution in [0.1, 0.15) is 50.5 Å². The van der Waals surface area contributed by atoms with E-state index in [9.17, 15) is 19.2 Å². The fourth-order valence-corrected chi connectivity index (χ4v) is 4.84. The lowest BCUT2D eigenvalue weighted by Crippen LogP contribution is -2.63. The molecule has 3 atom stereocenters. The second-order valence-corrected chi connectivity index (χ2v) is 11.6. The summed E-state index contributed by atoms with van der Waals surface area (Å²) < 4.78 is 17.4. The third-order valence-corrected chi connectivity index (χ3v) is 6.80. The maximum absolute atomic E-state index is 13.7. The molecule has 0 fully saturated rings. The Hall–Kier alpha value is -5.12. The largest absolute Gasteiger partial charge is 0.471 e. The van der Waals surface area contributed by atoms with Gasteiger partial charge in [-0.05, 0) is 50.0 Å². The molecule has 236 valence electrons. The summed E-state index contributed by atoms with van der Waals surface area (Å²) in [6, 6.07) is 25.9. The van der Waals surface area contributed by atoms with Crippen LogP contribution in [0.25, 0.3) is 0 Å². The Labute approximate surface area is 263 Å². The summed E-state index contributed by atoms with van der Waals surface area (Å²) in [5, 5.41) is 8.21. The molecule has 3 aromatic rings. The zero-order valence-corrected chi connectivity index (χ0v) is 25.8. The van der Waals surface area contributed by atoms with E-state index in [4.69, 9.17) is 14.2 Å². The minimum absolute atomic E-state index is 0.271. The molecular weight excluding hydrogens is 574 g/mol. The zero-order valence-electron chi connectivity index (χ0n) is 25.8. The molecule has 0 aliphatic carbocycles. The number of benzene rings is 3. The number of carbonyl (C=O) groups excluding carboxylic acids is 4. The van der Waals surface area contributed by atoms with Crippen molar-refractivity contribution in [1.29, 1.82) is 0 Å². The molecular formula is C35H39N3O7. The second-order valence-electron chi connectivity index (χ2n) is 11.6. The van der Waals surface area contributed by atoms with E-state index >= 15 is 0 Å². The van der Waals surface area contributed by atoms with Crippen molar-refractivity contribution in [3.8, 4) is 0 Å². The molecule has 0 saturated carbocycles. The topological polar surface area (TPSA) is 132 Å². The van der Waals surface area contributed by atoms with E-state index in [1.54, 1.807) is 20.8 Å². The van der Waals surface area contributed by atoms with Crippen LogP contribution in [-0.4, -0.2) is 54.2 Å². The smallest absolute Gasteiger partial charge is 0.408 e. The van der Waals surface area contributed by atoms with Crippen LogP contribution in [0.5, 0.6) is 0 Å². The molecule has 4 rings (SSSR count). The highest BCUT2D eigenvalue weighted by Crippen LogP contribution is 2.29. The summed E-state index contributed by atoms with van der Waals surface area (Å²) in [7, 11) is 0. The van der Waals surface area contributed by atoms with Gasteiger partial charge in [0.2, 0.25) is 11.7 Å². The Morgan fingerprint density at radius 1 is 0.822 bits per heavy atom. The Balaban J connectivity index is 1.63. The van der Waals surface area contributed by atoms with Crippen molar-refractivity contribution in [2.75, 3.05) is 6.54 Å². The average Bonchev–Trinajstić information content (AvgIpc) is 3.00. The van der Waals surface area contributed by atoms with Gasteiger partial charge in [-0.2, -0.15) is 0 Å². The van der Waals surface area contributed by atoms with E-state index in [0.29, 0.717) is 6.42 Å². The van der Waals surface area contributed by atoms with E-state index in [1.165, 1.54) is 13.0 Å². The van der Waals surface area contributed by atoms with Gasteiger partial charge in [0.15, 0.2) is 12.2 Å². The van der Waals surface area contributed by atoms with Crippen LogP contribution in [-0.2, 0) is 35.0 Å². The summed E-state index contributed by atoms with van der Waals surface area (Å²) in [5.41, 5.74) is 1.64. The molecule has 0 radical (unpaired) electrons. The number of nitrogens with one attached hydrogen (secondary N) is 3. The molecule has 1 aliphatic heterocycles. The van der Waals surface area contributed by atoms with Crippen LogP contribution in [0.3, 0.4) is 0 Å². The van der Waals surface area contributed by atoms with Gasteiger partial charge in [-0.15, -0.1) is 0 Å². The monoisotopic (exact) mass is 613 g/mol. The van der Waals surface area contributed by atoms with Gasteiger partial charge in [0, 0.05) is 13.5 Å². The van der Waals surface area contributed by atoms with Crippen LogP contribution in [0.15, 0.2) is 103 Å². The standard InChI is InChI=1S/C35H39N3O7/c1-23(39)37-29-27(38-34(42)45-35(2,3)4)22-28(43-31(29)32(40)36-21-20-24-14-8-5-9-15-24)33(41)44-30(25-16-10-6-11-17-25)26-18-12-7-13-19-26/h5-19,22,27,29-31H,20-21H2,1-4H3,(H,36,40)(H,37,39)(H,38,42)/t27-,29+,31+/m0/s1. The van der Waals surface area contributed by atoms with Crippen LogP contribution < -0.4 is 16.0 Å². The fraction of sp³-hybridized carbons (Fsp3) is 0.314. The number of esters is 1. The quantitative estimate of drug-likeness (QED) is 0.290. The molecule has 1 aliphatic rings. The summed E-state index contributed by atoms with van der Waals surface area (Å²) in [6.07, 6.45) is -1.10. The van der Waals surface area contributed by atoms with Crippen LogP contribution >= 0.6 is 0 Å². The Kier molecular flexibility index (Phi) is 11.0. The lowest BCUT2D eigenvalue weighted by atomic mass is 9.97. The molecule has 0 aromatic heterocycles. The normalized spacial score (nSPS) is 17.7. The zero-order chi connectivity index (χ0) is 32.4. The Morgan fingerprint density at radius 2 is 1.38 bits per heavy atom. The molecule has 10 heteroatoms. The third kappa shape index (κ3) is 9.69. The first kappa shape index (κ1) is 32.8. The lowest BCUT2D eigenvalue weighted by Gasteiger charge is -2.37. The summed E-state index contributed by atoms with van der Waals surface area (Å²) in [6.45, 7) is 6.67. The van der Waals surface area contributed by atoms with E-state index < -0.39 is 53.8 Å². The molecule has 3 aromatic carbocycles. The van der Waals surface area contributed by atoms with E-state index in [0.717, 1.165) is 16.7 Å². The van der Waals surface area contributed by atoms with Crippen molar-refractivity contribution in [1.82, 2.24) is 16.0 Å². The van der Waals surface area contributed by atoms with Crippen LogP contribution in [0, 0.1) is 0 Å². The molecule has 10 nitrogen and oxygen atoms in total. The van der Waals surface area contributed by atoms with E-state index in [2.05, 4.69) is 16.0 Å². The summed E-state index contributed by atoms with van der Waals surface area (Å²) >= 11 is 0. The predicted octanol–water partition coefficient (Wildman–Crippen LogP) is 4.36. The Morgan fingerprint density at radius 3 is 1.91 bits per heavy atom. The van der Waals surface area contributed by atoms with Crippen molar-refractivity contribution in [2.45, 2.75) is 64.0 Å². The fourth-order valence-electron chi connectivity index (χ4n) is 4.84. The third-order valence-electron chi connectivity index (χ3n) is 6.80. The van der Waals surface area contributed by atoms with Crippen molar-refractivity contribution in [3.05, 3.63) is 120 Å². The highest BCUT2D eigenvalue weighted by atomic mass is 16.6. The van der Waals surface area contributed by atoms with Crippen molar-refractivity contribution in [3.63, 3.8) is 0 Å². The van der Waals surface area contributed by atoms with Gasteiger partial charge in [-0.1, -0.05) is 91.0 Å². The Bertz CT molecular complexity index is 1450. The van der Waals surface area contributed by atoms with Crippen LogP contribution in [0.2, 0.25) is 0 Å². The first-order valence-corrected chi connectivity index (χ1v) is 14.8. The van der Waals surface area contributed by atoms with Crippen molar-refractivity contribution in [2.24, 2.45) is 0 Å². The van der Waals surface area contributed by atoms with Gasteiger partial charge in [0.05, 0.1) is 12.1 Å². The second kappa shape index (κ2) is 15.1. The number of carbonyl (C=O) groups is 4. The van der Waals surface area contributed by atoms with Gasteiger partial charge < -0.3 is 30.2 Å². The van der Waals surface area contributed by atoms with Gasteiger partial charge in [0.1, 0.15) is 5.60 Å². The summed E-state index contributed by atoms with van der Waals surface area (Å²) in [4.78, 5) is 52.4. The molecule has 45 heavy (non-hydrogen) atoms.